The molecule has 2 aromatic rings. The molecule has 1 aliphatic heterocycles. The maximum Gasteiger partial charge on any atom is 0.230 e. The monoisotopic (exact) mass is 352 g/mol. The van der Waals surface area contributed by atoms with E-state index in [9.17, 15) is 9.59 Å². The van der Waals surface area contributed by atoms with Crippen LogP contribution in [0.4, 0.5) is 5.82 Å². The van der Waals surface area contributed by atoms with E-state index in [0.29, 0.717) is 31.4 Å². The first kappa shape index (κ1) is 16.8. The standard InChI is InChI=1S/C20H24N4O2/c25-19-12-16(14-23(19)17-8-4-5-9-17)20(26)22-18-10-11-21-24(18)13-15-6-2-1-3-7-15/h1-3,6-7,10-11,16-17H,4-5,8-9,12-14H2,(H,22,26). The van der Waals surface area contributed by atoms with Crippen LogP contribution in [0.15, 0.2) is 42.6 Å². The second-order valence-corrected chi connectivity index (χ2v) is 7.23. The number of likely N-dealkylation sites (tertiary alicyclic amines) is 1. The van der Waals surface area contributed by atoms with E-state index in [2.05, 4.69) is 10.4 Å². The van der Waals surface area contributed by atoms with Crippen molar-refractivity contribution in [2.45, 2.75) is 44.7 Å². The number of hydrogen-bond acceptors (Lipinski definition) is 3. The summed E-state index contributed by atoms with van der Waals surface area (Å²) in [5.41, 5.74) is 1.12. The van der Waals surface area contributed by atoms with Crippen LogP contribution in [-0.2, 0) is 16.1 Å². The Bertz CT molecular complexity index is 780. The highest BCUT2D eigenvalue weighted by molar-refractivity contribution is 5.96. The van der Waals surface area contributed by atoms with Gasteiger partial charge in [0.05, 0.1) is 18.7 Å². The molecular formula is C20H24N4O2. The summed E-state index contributed by atoms with van der Waals surface area (Å²) in [6, 6.07) is 12.1. The third-order valence-electron chi connectivity index (χ3n) is 5.44. The van der Waals surface area contributed by atoms with E-state index in [1.54, 1.807) is 16.9 Å². The van der Waals surface area contributed by atoms with Gasteiger partial charge in [0.15, 0.2) is 0 Å². The van der Waals surface area contributed by atoms with Crippen LogP contribution in [0.2, 0.25) is 0 Å². The Balaban J connectivity index is 1.40. The van der Waals surface area contributed by atoms with E-state index in [-0.39, 0.29) is 17.7 Å². The average molecular weight is 352 g/mol. The molecule has 1 saturated carbocycles. The number of rotatable bonds is 5. The molecule has 26 heavy (non-hydrogen) atoms. The SMILES string of the molecule is O=C(Nc1ccnn1Cc1ccccc1)C1CC(=O)N(C2CCCC2)C1. The van der Waals surface area contributed by atoms with Gasteiger partial charge in [-0.1, -0.05) is 43.2 Å². The van der Waals surface area contributed by atoms with Crippen LogP contribution in [0.1, 0.15) is 37.7 Å². The summed E-state index contributed by atoms with van der Waals surface area (Å²) in [5, 5.41) is 7.28. The number of aromatic nitrogens is 2. The molecule has 6 nitrogen and oxygen atoms in total. The molecule has 1 aromatic carbocycles. The van der Waals surface area contributed by atoms with Crippen molar-refractivity contribution in [3.63, 3.8) is 0 Å². The van der Waals surface area contributed by atoms with Gasteiger partial charge in [-0.05, 0) is 18.4 Å². The molecule has 6 heteroatoms. The van der Waals surface area contributed by atoms with E-state index < -0.39 is 0 Å². The second kappa shape index (κ2) is 7.32. The van der Waals surface area contributed by atoms with Crippen LogP contribution in [0.5, 0.6) is 0 Å². The molecule has 0 bridgehead atoms. The molecule has 2 amide bonds. The molecule has 0 spiro atoms. The third-order valence-corrected chi connectivity index (χ3v) is 5.44. The highest BCUT2D eigenvalue weighted by Crippen LogP contribution is 2.30. The predicted molar refractivity (Wildman–Crippen MR) is 98.5 cm³/mol. The zero-order valence-electron chi connectivity index (χ0n) is 14.8. The lowest BCUT2D eigenvalue weighted by atomic mass is 10.1. The van der Waals surface area contributed by atoms with E-state index >= 15 is 0 Å². The number of anilines is 1. The molecule has 0 radical (unpaired) electrons. The Labute approximate surface area is 153 Å². The lowest BCUT2D eigenvalue weighted by Gasteiger charge is -2.23. The van der Waals surface area contributed by atoms with Gasteiger partial charge in [0.1, 0.15) is 5.82 Å². The Morgan fingerprint density at radius 1 is 1.15 bits per heavy atom. The number of amides is 2. The lowest BCUT2D eigenvalue weighted by molar-refractivity contribution is -0.129. The first-order valence-corrected chi connectivity index (χ1v) is 9.37. The largest absolute Gasteiger partial charge is 0.339 e. The van der Waals surface area contributed by atoms with Crippen molar-refractivity contribution >= 4 is 17.6 Å². The van der Waals surface area contributed by atoms with Crippen LogP contribution in [0.25, 0.3) is 0 Å². The van der Waals surface area contributed by atoms with E-state index in [1.165, 1.54) is 12.8 Å². The smallest absolute Gasteiger partial charge is 0.230 e. The molecule has 1 saturated heterocycles. The van der Waals surface area contributed by atoms with Crippen LogP contribution in [0, 0.1) is 5.92 Å². The van der Waals surface area contributed by atoms with Gasteiger partial charge < -0.3 is 10.2 Å². The first-order chi connectivity index (χ1) is 12.7. The van der Waals surface area contributed by atoms with Gasteiger partial charge in [0.2, 0.25) is 11.8 Å². The van der Waals surface area contributed by atoms with Crippen molar-refractivity contribution in [1.82, 2.24) is 14.7 Å². The molecule has 4 rings (SSSR count). The van der Waals surface area contributed by atoms with Gasteiger partial charge in [-0.3, -0.25) is 9.59 Å². The van der Waals surface area contributed by atoms with Crippen molar-refractivity contribution < 1.29 is 9.59 Å². The van der Waals surface area contributed by atoms with E-state index in [1.807, 2.05) is 35.2 Å². The number of nitrogens with one attached hydrogen (secondary N) is 1. The van der Waals surface area contributed by atoms with Crippen molar-refractivity contribution in [3.8, 4) is 0 Å². The Morgan fingerprint density at radius 2 is 1.92 bits per heavy atom. The Morgan fingerprint density at radius 3 is 2.69 bits per heavy atom. The molecule has 2 fully saturated rings. The van der Waals surface area contributed by atoms with Gasteiger partial charge in [0.25, 0.3) is 0 Å². The Kier molecular flexibility index (Phi) is 4.73. The van der Waals surface area contributed by atoms with E-state index in [4.69, 9.17) is 0 Å². The zero-order chi connectivity index (χ0) is 17.9. The molecule has 2 heterocycles. The maximum absolute atomic E-state index is 12.7. The zero-order valence-corrected chi connectivity index (χ0v) is 14.8. The van der Waals surface area contributed by atoms with Gasteiger partial charge in [0, 0.05) is 25.1 Å². The molecule has 2 aliphatic rings. The highest BCUT2D eigenvalue weighted by atomic mass is 16.2. The average Bonchev–Trinajstić information content (AvgIpc) is 3.38. The van der Waals surface area contributed by atoms with E-state index in [0.717, 1.165) is 18.4 Å². The molecule has 1 aliphatic carbocycles. The fourth-order valence-electron chi connectivity index (χ4n) is 4.03. The van der Waals surface area contributed by atoms with Crippen LogP contribution in [0.3, 0.4) is 0 Å². The van der Waals surface area contributed by atoms with Crippen LogP contribution < -0.4 is 5.32 Å². The van der Waals surface area contributed by atoms with Crippen LogP contribution in [-0.4, -0.2) is 39.1 Å². The molecule has 1 aromatic heterocycles. The molecular weight excluding hydrogens is 328 g/mol. The summed E-state index contributed by atoms with van der Waals surface area (Å²) in [6.07, 6.45) is 6.51. The number of benzene rings is 1. The summed E-state index contributed by atoms with van der Waals surface area (Å²) < 4.78 is 1.78. The summed E-state index contributed by atoms with van der Waals surface area (Å²) in [4.78, 5) is 26.9. The van der Waals surface area contributed by atoms with Gasteiger partial charge in [-0.2, -0.15) is 5.10 Å². The van der Waals surface area contributed by atoms with Gasteiger partial charge in [-0.25, -0.2) is 4.68 Å². The number of hydrogen-bond donors (Lipinski definition) is 1. The summed E-state index contributed by atoms with van der Waals surface area (Å²) >= 11 is 0. The lowest BCUT2D eigenvalue weighted by Crippen LogP contribution is -2.35. The number of nitrogens with zero attached hydrogens (tertiary/aromatic N) is 3. The molecule has 1 atom stereocenters. The highest BCUT2D eigenvalue weighted by Gasteiger charge is 2.38. The molecule has 1 unspecified atom stereocenters. The van der Waals surface area contributed by atoms with Crippen molar-refractivity contribution in [3.05, 3.63) is 48.2 Å². The molecule has 136 valence electrons. The number of carbonyl (C=O) groups excluding carboxylic acids is 2. The minimum Gasteiger partial charge on any atom is -0.339 e. The quantitative estimate of drug-likeness (QED) is 0.900. The third kappa shape index (κ3) is 3.49. The van der Waals surface area contributed by atoms with Crippen molar-refractivity contribution in [1.29, 1.82) is 0 Å². The van der Waals surface area contributed by atoms with Gasteiger partial charge >= 0.3 is 0 Å². The second-order valence-electron chi connectivity index (χ2n) is 7.23. The Hall–Kier alpha value is -2.63. The maximum atomic E-state index is 12.7. The summed E-state index contributed by atoms with van der Waals surface area (Å²) in [7, 11) is 0. The normalized spacial score (nSPS) is 20.7. The minimum atomic E-state index is -0.275. The van der Waals surface area contributed by atoms with Crippen molar-refractivity contribution in [2.75, 3.05) is 11.9 Å². The summed E-state index contributed by atoms with van der Waals surface area (Å²) in [6.45, 7) is 1.14. The summed E-state index contributed by atoms with van der Waals surface area (Å²) in [5.74, 6) is 0.428. The fourth-order valence-corrected chi connectivity index (χ4v) is 4.03. The fraction of sp³-hybridized carbons (Fsp3) is 0.450. The topological polar surface area (TPSA) is 67.2 Å². The predicted octanol–water partition coefficient (Wildman–Crippen LogP) is 2.66. The van der Waals surface area contributed by atoms with Gasteiger partial charge in [-0.15, -0.1) is 0 Å². The molecule has 1 N–H and O–H groups in total. The van der Waals surface area contributed by atoms with Crippen molar-refractivity contribution in [2.24, 2.45) is 5.92 Å². The number of carbonyl (C=O) groups is 2. The minimum absolute atomic E-state index is 0.0892. The van der Waals surface area contributed by atoms with Crippen LogP contribution >= 0.6 is 0 Å². The first-order valence-electron chi connectivity index (χ1n) is 9.37.